The predicted octanol–water partition coefficient (Wildman–Crippen LogP) is 4.32. The summed E-state index contributed by atoms with van der Waals surface area (Å²) >= 11 is 5.83. The van der Waals surface area contributed by atoms with Gasteiger partial charge in [-0.2, -0.15) is 0 Å². The minimum atomic E-state index is -3.74. The zero-order valence-corrected chi connectivity index (χ0v) is 18.0. The summed E-state index contributed by atoms with van der Waals surface area (Å²) in [5.74, 6) is 0.552. The Balaban J connectivity index is 1.68. The molecule has 0 fully saturated rings. The van der Waals surface area contributed by atoms with Crippen molar-refractivity contribution in [2.45, 2.75) is 11.3 Å². The van der Waals surface area contributed by atoms with Crippen LogP contribution in [-0.4, -0.2) is 28.5 Å². The average Bonchev–Trinajstić information content (AvgIpc) is 2.74. The molecule has 0 aliphatic rings. The number of ether oxygens (including phenoxy) is 2. The molecule has 0 spiro atoms. The van der Waals surface area contributed by atoms with Crippen molar-refractivity contribution < 1.29 is 22.7 Å². The first-order valence-corrected chi connectivity index (χ1v) is 10.8. The van der Waals surface area contributed by atoms with Crippen molar-refractivity contribution in [3.05, 3.63) is 83.4 Å². The number of carbonyl (C=O) groups excluding carboxylic acids is 1. The van der Waals surface area contributed by atoms with Crippen LogP contribution in [0.2, 0.25) is 5.02 Å². The fourth-order valence-electron chi connectivity index (χ4n) is 2.74. The van der Waals surface area contributed by atoms with Crippen LogP contribution in [0.15, 0.2) is 77.7 Å². The number of sulfonamides is 1. The SMILES string of the molecule is COc1cccc(CC(=O)Oc2ccc(N(C)S(=O)(=O)c3ccc(Cl)cc3)cc2)c1. The van der Waals surface area contributed by atoms with Gasteiger partial charge in [-0.3, -0.25) is 9.10 Å². The Kier molecular flexibility index (Phi) is 6.64. The Labute approximate surface area is 180 Å². The van der Waals surface area contributed by atoms with E-state index >= 15 is 0 Å². The average molecular weight is 446 g/mol. The number of nitrogens with zero attached hydrogens (tertiary/aromatic N) is 1. The summed E-state index contributed by atoms with van der Waals surface area (Å²) in [4.78, 5) is 12.3. The second-order valence-corrected chi connectivity index (χ2v) is 8.83. The number of anilines is 1. The first-order chi connectivity index (χ1) is 14.3. The fraction of sp³-hybridized carbons (Fsp3) is 0.136. The molecule has 0 bridgehead atoms. The van der Waals surface area contributed by atoms with Crippen LogP contribution in [0.3, 0.4) is 0 Å². The Morgan fingerprint density at radius 2 is 1.63 bits per heavy atom. The van der Waals surface area contributed by atoms with E-state index in [4.69, 9.17) is 21.1 Å². The van der Waals surface area contributed by atoms with Gasteiger partial charge in [0.05, 0.1) is 24.1 Å². The molecule has 0 saturated heterocycles. The highest BCUT2D eigenvalue weighted by molar-refractivity contribution is 7.92. The number of esters is 1. The minimum Gasteiger partial charge on any atom is -0.497 e. The molecule has 0 unspecified atom stereocenters. The molecule has 3 rings (SSSR count). The van der Waals surface area contributed by atoms with E-state index in [0.29, 0.717) is 22.2 Å². The van der Waals surface area contributed by atoms with Crippen molar-refractivity contribution in [2.75, 3.05) is 18.5 Å². The zero-order valence-electron chi connectivity index (χ0n) is 16.4. The first-order valence-electron chi connectivity index (χ1n) is 8.98. The molecule has 156 valence electrons. The normalized spacial score (nSPS) is 11.0. The minimum absolute atomic E-state index is 0.0871. The lowest BCUT2D eigenvalue weighted by atomic mass is 10.1. The standard InChI is InChI=1S/C22H20ClNO5S/c1-24(30(26,27)21-12-6-17(23)7-13-21)18-8-10-19(11-9-18)29-22(25)15-16-4-3-5-20(14-16)28-2/h3-14H,15H2,1-2H3. The van der Waals surface area contributed by atoms with Crippen LogP contribution in [0, 0.1) is 0 Å². The zero-order chi connectivity index (χ0) is 21.7. The molecule has 8 heteroatoms. The lowest BCUT2D eigenvalue weighted by molar-refractivity contribution is -0.133. The van der Waals surface area contributed by atoms with Gasteiger partial charge in [-0.15, -0.1) is 0 Å². The fourth-order valence-corrected chi connectivity index (χ4v) is 4.07. The second kappa shape index (κ2) is 9.19. The maximum atomic E-state index is 12.7. The molecule has 6 nitrogen and oxygen atoms in total. The van der Waals surface area contributed by atoms with Crippen molar-refractivity contribution in [1.29, 1.82) is 0 Å². The maximum absolute atomic E-state index is 12.7. The lowest BCUT2D eigenvalue weighted by Crippen LogP contribution is -2.26. The summed E-state index contributed by atoms with van der Waals surface area (Å²) in [5.41, 5.74) is 1.20. The number of halogens is 1. The van der Waals surface area contributed by atoms with Crippen LogP contribution < -0.4 is 13.8 Å². The topological polar surface area (TPSA) is 72.9 Å². The number of hydrogen-bond donors (Lipinski definition) is 0. The molecular formula is C22H20ClNO5S. The predicted molar refractivity (Wildman–Crippen MR) is 116 cm³/mol. The second-order valence-electron chi connectivity index (χ2n) is 6.42. The molecule has 0 amide bonds. The van der Waals surface area contributed by atoms with E-state index in [-0.39, 0.29) is 11.3 Å². The van der Waals surface area contributed by atoms with Crippen molar-refractivity contribution in [3.8, 4) is 11.5 Å². The Morgan fingerprint density at radius 1 is 0.967 bits per heavy atom. The van der Waals surface area contributed by atoms with Crippen LogP contribution in [0.5, 0.6) is 11.5 Å². The Hall–Kier alpha value is -3.03. The maximum Gasteiger partial charge on any atom is 0.315 e. The van der Waals surface area contributed by atoms with Gasteiger partial charge in [0.15, 0.2) is 0 Å². The van der Waals surface area contributed by atoms with Crippen molar-refractivity contribution in [2.24, 2.45) is 0 Å². The van der Waals surface area contributed by atoms with Crippen LogP contribution in [0.4, 0.5) is 5.69 Å². The van der Waals surface area contributed by atoms with Crippen molar-refractivity contribution in [1.82, 2.24) is 0 Å². The van der Waals surface area contributed by atoms with Crippen LogP contribution in [0.1, 0.15) is 5.56 Å². The Bertz CT molecular complexity index is 1130. The first kappa shape index (κ1) is 21.7. The molecule has 0 aromatic heterocycles. The number of rotatable bonds is 7. The molecule has 0 saturated carbocycles. The van der Waals surface area contributed by atoms with Gasteiger partial charge in [-0.1, -0.05) is 23.7 Å². The summed E-state index contributed by atoms with van der Waals surface area (Å²) in [6.07, 6.45) is 0.0871. The van der Waals surface area contributed by atoms with Gasteiger partial charge in [-0.25, -0.2) is 8.42 Å². The van der Waals surface area contributed by atoms with Gasteiger partial charge in [0.1, 0.15) is 11.5 Å². The molecule has 0 heterocycles. The van der Waals surface area contributed by atoms with Crippen LogP contribution in [-0.2, 0) is 21.2 Å². The van der Waals surface area contributed by atoms with Gasteiger partial charge in [0.2, 0.25) is 0 Å². The van der Waals surface area contributed by atoms with E-state index < -0.39 is 16.0 Å². The third-order valence-electron chi connectivity index (χ3n) is 4.39. The van der Waals surface area contributed by atoms with E-state index in [9.17, 15) is 13.2 Å². The van der Waals surface area contributed by atoms with Crippen LogP contribution in [0.25, 0.3) is 0 Å². The van der Waals surface area contributed by atoms with E-state index in [0.717, 1.165) is 9.87 Å². The molecule has 0 aliphatic heterocycles. The van der Waals surface area contributed by atoms with Crippen molar-refractivity contribution >= 4 is 33.3 Å². The molecule has 0 aliphatic carbocycles. The van der Waals surface area contributed by atoms with E-state index in [1.165, 1.54) is 31.3 Å². The molecule has 30 heavy (non-hydrogen) atoms. The van der Waals surface area contributed by atoms with Crippen LogP contribution >= 0.6 is 11.6 Å². The van der Waals surface area contributed by atoms with Gasteiger partial charge in [0, 0.05) is 12.1 Å². The molecule has 0 radical (unpaired) electrons. The monoisotopic (exact) mass is 445 g/mol. The summed E-state index contributed by atoms with van der Waals surface area (Å²) in [5, 5.41) is 0.455. The summed E-state index contributed by atoms with van der Waals surface area (Å²) in [7, 11) is -0.726. The number of hydrogen-bond acceptors (Lipinski definition) is 5. The smallest absolute Gasteiger partial charge is 0.315 e. The number of methoxy groups -OCH3 is 1. The van der Waals surface area contributed by atoms with Crippen molar-refractivity contribution in [3.63, 3.8) is 0 Å². The molecule has 3 aromatic carbocycles. The molecular weight excluding hydrogens is 426 g/mol. The van der Waals surface area contributed by atoms with Gasteiger partial charge < -0.3 is 9.47 Å². The van der Waals surface area contributed by atoms with E-state index in [2.05, 4.69) is 0 Å². The summed E-state index contributed by atoms with van der Waals surface area (Å²) in [6, 6.07) is 19.3. The largest absolute Gasteiger partial charge is 0.497 e. The molecule has 0 N–H and O–H groups in total. The highest BCUT2D eigenvalue weighted by atomic mass is 35.5. The Morgan fingerprint density at radius 3 is 2.27 bits per heavy atom. The quantitative estimate of drug-likeness (QED) is 0.400. The lowest BCUT2D eigenvalue weighted by Gasteiger charge is -2.19. The highest BCUT2D eigenvalue weighted by Crippen LogP contribution is 2.25. The number of carbonyl (C=O) groups is 1. The summed E-state index contributed by atoms with van der Waals surface area (Å²) in [6.45, 7) is 0. The summed E-state index contributed by atoms with van der Waals surface area (Å²) < 4.78 is 37.1. The number of benzene rings is 3. The third-order valence-corrected chi connectivity index (χ3v) is 6.44. The molecule has 0 atom stereocenters. The van der Waals surface area contributed by atoms with Gasteiger partial charge in [0.25, 0.3) is 10.0 Å². The highest BCUT2D eigenvalue weighted by Gasteiger charge is 2.21. The van der Waals surface area contributed by atoms with Gasteiger partial charge in [-0.05, 0) is 66.2 Å². The van der Waals surface area contributed by atoms with E-state index in [1.54, 1.807) is 49.6 Å². The van der Waals surface area contributed by atoms with Gasteiger partial charge >= 0.3 is 5.97 Å². The molecule has 3 aromatic rings. The third kappa shape index (κ3) is 5.11. The van der Waals surface area contributed by atoms with E-state index in [1.807, 2.05) is 6.07 Å².